The standard InChI is InChI=1S/C10H10N2O3/c1-5-8(13)3-2-6(10(5)14)7-4-9(11)15-12-7/h2-4,13-14H,11H2,1H3. The molecule has 0 aliphatic rings. The van der Waals surface area contributed by atoms with E-state index < -0.39 is 0 Å². The molecule has 15 heavy (non-hydrogen) atoms. The minimum absolute atomic E-state index is 0.0247. The molecule has 0 atom stereocenters. The fraction of sp³-hybridized carbons (Fsp3) is 0.100. The summed E-state index contributed by atoms with van der Waals surface area (Å²) in [5.41, 5.74) is 6.69. The molecule has 0 bridgehead atoms. The second kappa shape index (κ2) is 3.20. The number of nitrogens with two attached hydrogens (primary N) is 1. The van der Waals surface area contributed by atoms with E-state index in [9.17, 15) is 10.2 Å². The molecular formula is C10H10N2O3. The van der Waals surface area contributed by atoms with Crippen LogP contribution >= 0.6 is 0 Å². The minimum Gasteiger partial charge on any atom is -0.508 e. The molecule has 0 spiro atoms. The van der Waals surface area contributed by atoms with E-state index in [2.05, 4.69) is 5.16 Å². The Morgan fingerprint density at radius 1 is 1.33 bits per heavy atom. The predicted octanol–water partition coefficient (Wildman–Crippen LogP) is 1.64. The zero-order valence-corrected chi connectivity index (χ0v) is 8.06. The molecule has 2 rings (SSSR count). The number of aromatic hydroxyl groups is 2. The number of nitrogens with zero attached hydrogens (tertiary/aromatic N) is 1. The Kier molecular flexibility index (Phi) is 2.00. The van der Waals surface area contributed by atoms with Gasteiger partial charge in [-0.3, -0.25) is 0 Å². The Morgan fingerprint density at radius 3 is 2.67 bits per heavy atom. The van der Waals surface area contributed by atoms with E-state index in [0.29, 0.717) is 16.8 Å². The molecule has 1 heterocycles. The van der Waals surface area contributed by atoms with Gasteiger partial charge in [-0.25, -0.2) is 0 Å². The van der Waals surface area contributed by atoms with Gasteiger partial charge in [0.1, 0.15) is 17.2 Å². The Balaban J connectivity index is 2.59. The molecule has 0 fully saturated rings. The summed E-state index contributed by atoms with van der Waals surface area (Å²) in [6.07, 6.45) is 0. The highest BCUT2D eigenvalue weighted by Crippen LogP contribution is 2.36. The van der Waals surface area contributed by atoms with E-state index in [1.165, 1.54) is 12.1 Å². The summed E-state index contributed by atoms with van der Waals surface area (Å²) in [4.78, 5) is 0. The van der Waals surface area contributed by atoms with E-state index >= 15 is 0 Å². The van der Waals surface area contributed by atoms with Crippen LogP contribution < -0.4 is 5.73 Å². The molecule has 0 saturated heterocycles. The van der Waals surface area contributed by atoms with Gasteiger partial charge in [0.15, 0.2) is 0 Å². The highest BCUT2D eigenvalue weighted by molar-refractivity contribution is 5.71. The zero-order valence-electron chi connectivity index (χ0n) is 8.06. The maximum absolute atomic E-state index is 9.76. The molecule has 0 radical (unpaired) electrons. The molecule has 78 valence electrons. The molecule has 0 saturated carbocycles. The van der Waals surface area contributed by atoms with E-state index in [1.807, 2.05) is 0 Å². The van der Waals surface area contributed by atoms with Crippen LogP contribution in [0.1, 0.15) is 5.56 Å². The Bertz CT molecular complexity index is 505. The van der Waals surface area contributed by atoms with Gasteiger partial charge in [-0.1, -0.05) is 5.16 Å². The average Bonchev–Trinajstić information content (AvgIpc) is 2.61. The van der Waals surface area contributed by atoms with E-state index in [0.717, 1.165) is 0 Å². The number of aromatic nitrogens is 1. The maximum Gasteiger partial charge on any atom is 0.222 e. The smallest absolute Gasteiger partial charge is 0.222 e. The lowest BCUT2D eigenvalue weighted by atomic mass is 10.1. The van der Waals surface area contributed by atoms with Gasteiger partial charge in [-0.05, 0) is 19.1 Å². The Labute approximate surface area is 85.7 Å². The normalized spacial score (nSPS) is 10.5. The summed E-state index contributed by atoms with van der Waals surface area (Å²) in [6, 6.07) is 4.54. The van der Waals surface area contributed by atoms with Gasteiger partial charge in [0.25, 0.3) is 0 Å². The Hall–Kier alpha value is -2.17. The summed E-state index contributed by atoms with van der Waals surface area (Å²) in [7, 11) is 0. The lowest BCUT2D eigenvalue weighted by molar-refractivity contribution is 0.434. The molecule has 0 aliphatic heterocycles. The molecule has 0 amide bonds. The number of hydrogen-bond acceptors (Lipinski definition) is 5. The van der Waals surface area contributed by atoms with Crippen LogP contribution in [0.4, 0.5) is 5.88 Å². The highest BCUT2D eigenvalue weighted by atomic mass is 16.5. The van der Waals surface area contributed by atoms with Gasteiger partial charge in [-0.15, -0.1) is 0 Å². The number of rotatable bonds is 1. The second-order valence-electron chi connectivity index (χ2n) is 3.22. The topological polar surface area (TPSA) is 92.5 Å². The van der Waals surface area contributed by atoms with Crippen molar-refractivity contribution in [3.05, 3.63) is 23.8 Å². The summed E-state index contributed by atoms with van der Waals surface area (Å²) < 4.78 is 4.70. The fourth-order valence-corrected chi connectivity index (χ4v) is 1.31. The number of benzene rings is 1. The minimum atomic E-state index is -0.0247. The first-order valence-corrected chi connectivity index (χ1v) is 4.33. The molecular weight excluding hydrogens is 196 g/mol. The first-order chi connectivity index (χ1) is 7.09. The van der Waals surface area contributed by atoms with Crippen LogP contribution in [0, 0.1) is 6.92 Å². The SMILES string of the molecule is Cc1c(O)ccc(-c2cc(N)on2)c1O. The molecule has 4 N–H and O–H groups in total. The summed E-state index contributed by atoms with van der Waals surface area (Å²) in [5.74, 6) is 0.186. The lowest BCUT2D eigenvalue weighted by Gasteiger charge is -2.05. The molecule has 1 aromatic heterocycles. The van der Waals surface area contributed by atoms with E-state index in [-0.39, 0.29) is 17.4 Å². The van der Waals surface area contributed by atoms with Crippen LogP contribution in [0.2, 0.25) is 0 Å². The lowest BCUT2D eigenvalue weighted by Crippen LogP contribution is -1.83. The van der Waals surface area contributed by atoms with Crippen LogP contribution in [0.5, 0.6) is 11.5 Å². The van der Waals surface area contributed by atoms with Crippen molar-refractivity contribution in [1.29, 1.82) is 0 Å². The van der Waals surface area contributed by atoms with Crippen LogP contribution in [-0.4, -0.2) is 15.4 Å². The number of phenolic OH excluding ortho intramolecular Hbond substituents is 2. The number of anilines is 1. The van der Waals surface area contributed by atoms with E-state index in [4.69, 9.17) is 10.3 Å². The predicted molar refractivity (Wildman–Crippen MR) is 54.4 cm³/mol. The van der Waals surface area contributed by atoms with Gasteiger partial charge in [0.2, 0.25) is 5.88 Å². The fourth-order valence-electron chi connectivity index (χ4n) is 1.31. The Morgan fingerprint density at radius 2 is 2.07 bits per heavy atom. The summed E-state index contributed by atoms with van der Waals surface area (Å²) in [6.45, 7) is 1.61. The van der Waals surface area contributed by atoms with Crippen molar-refractivity contribution in [3.63, 3.8) is 0 Å². The molecule has 2 aromatic rings. The van der Waals surface area contributed by atoms with Gasteiger partial charge in [0.05, 0.1) is 0 Å². The van der Waals surface area contributed by atoms with Gasteiger partial charge >= 0.3 is 0 Å². The third-order valence-electron chi connectivity index (χ3n) is 2.21. The largest absolute Gasteiger partial charge is 0.508 e. The summed E-state index contributed by atoms with van der Waals surface area (Å²) >= 11 is 0. The van der Waals surface area contributed by atoms with Gasteiger partial charge < -0.3 is 20.5 Å². The van der Waals surface area contributed by atoms with E-state index in [1.54, 1.807) is 13.0 Å². The number of phenols is 2. The molecule has 0 aliphatic carbocycles. The van der Waals surface area contributed by atoms with Crippen molar-refractivity contribution < 1.29 is 14.7 Å². The van der Waals surface area contributed by atoms with Gasteiger partial charge in [0, 0.05) is 17.2 Å². The second-order valence-corrected chi connectivity index (χ2v) is 3.22. The van der Waals surface area contributed by atoms with Crippen molar-refractivity contribution in [2.24, 2.45) is 0 Å². The zero-order chi connectivity index (χ0) is 11.0. The van der Waals surface area contributed by atoms with Crippen molar-refractivity contribution >= 4 is 5.88 Å². The molecule has 5 heteroatoms. The summed E-state index contributed by atoms with van der Waals surface area (Å²) in [5, 5.41) is 22.8. The maximum atomic E-state index is 9.76. The van der Waals surface area contributed by atoms with Gasteiger partial charge in [-0.2, -0.15) is 0 Å². The third kappa shape index (κ3) is 1.48. The van der Waals surface area contributed by atoms with Crippen LogP contribution in [-0.2, 0) is 0 Å². The molecule has 5 nitrogen and oxygen atoms in total. The first kappa shape index (κ1) is 9.39. The van der Waals surface area contributed by atoms with Crippen LogP contribution in [0.25, 0.3) is 11.3 Å². The van der Waals surface area contributed by atoms with Crippen molar-refractivity contribution in [3.8, 4) is 22.8 Å². The quantitative estimate of drug-likeness (QED) is 0.659. The number of hydrogen-bond donors (Lipinski definition) is 3. The monoisotopic (exact) mass is 206 g/mol. The van der Waals surface area contributed by atoms with Crippen molar-refractivity contribution in [1.82, 2.24) is 5.16 Å². The first-order valence-electron chi connectivity index (χ1n) is 4.33. The van der Waals surface area contributed by atoms with Crippen molar-refractivity contribution in [2.45, 2.75) is 6.92 Å². The van der Waals surface area contributed by atoms with Crippen molar-refractivity contribution in [2.75, 3.05) is 5.73 Å². The van der Waals surface area contributed by atoms with Crippen LogP contribution in [0.15, 0.2) is 22.7 Å². The molecule has 0 unspecified atom stereocenters. The molecule has 1 aromatic carbocycles. The number of nitrogen functional groups attached to an aromatic ring is 1. The van der Waals surface area contributed by atoms with Crippen LogP contribution in [0.3, 0.4) is 0 Å². The average molecular weight is 206 g/mol. The highest BCUT2D eigenvalue weighted by Gasteiger charge is 2.13. The third-order valence-corrected chi connectivity index (χ3v) is 2.21.